The van der Waals surface area contributed by atoms with Crippen molar-refractivity contribution in [2.24, 2.45) is 0 Å². The number of carbonyl (C=O) groups excluding carboxylic acids is 1. The Kier molecular flexibility index (Phi) is 23.4. The van der Waals surface area contributed by atoms with Crippen molar-refractivity contribution in [3.8, 4) is 0 Å². The highest BCUT2D eigenvalue weighted by Crippen LogP contribution is 2.15. The summed E-state index contributed by atoms with van der Waals surface area (Å²) in [5.74, 6) is -1.07. The molecule has 0 aromatic heterocycles. The number of amides is 1. The number of rotatable bonds is 24. The fourth-order valence-corrected chi connectivity index (χ4v) is 4.24. The Morgan fingerprint density at radius 2 is 0.968 bits per heavy atom. The minimum Gasteiger partial charge on any atom is -0.480 e. The van der Waals surface area contributed by atoms with Crippen LogP contribution in [0.15, 0.2) is 0 Å². The van der Waals surface area contributed by atoms with Gasteiger partial charge in [-0.2, -0.15) is 12.6 Å². The van der Waals surface area contributed by atoms with Gasteiger partial charge in [-0.05, 0) is 6.42 Å². The summed E-state index contributed by atoms with van der Waals surface area (Å²) in [7, 11) is 0. The first-order valence-corrected chi connectivity index (χ1v) is 13.9. The third-order valence-electron chi connectivity index (χ3n) is 6.07. The molecular formula is C26H51NO3S. The summed E-state index contributed by atoms with van der Waals surface area (Å²) in [6.45, 7) is 2.28. The van der Waals surface area contributed by atoms with Crippen molar-refractivity contribution >= 4 is 24.5 Å². The van der Waals surface area contributed by atoms with Gasteiger partial charge >= 0.3 is 5.97 Å². The first-order valence-electron chi connectivity index (χ1n) is 13.2. The van der Waals surface area contributed by atoms with Crippen molar-refractivity contribution in [2.45, 2.75) is 148 Å². The molecule has 1 amide bonds. The van der Waals surface area contributed by atoms with Crippen LogP contribution >= 0.6 is 12.6 Å². The van der Waals surface area contributed by atoms with Gasteiger partial charge in [-0.25, -0.2) is 4.79 Å². The monoisotopic (exact) mass is 457 g/mol. The summed E-state index contributed by atoms with van der Waals surface area (Å²) in [5.41, 5.74) is 0. The molecule has 0 aromatic rings. The molecule has 31 heavy (non-hydrogen) atoms. The maximum atomic E-state index is 11.7. The molecule has 0 aliphatic carbocycles. The first-order chi connectivity index (χ1) is 15.1. The van der Waals surface area contributed by atoms with Crippen molar-refractivity contribution < 1.29 is 14.7 Å². The molecule has 4 nitrogen and oxygen atoms in total. The van der Waals surface area contributed by atoms with Crippen LogP contribution < -0.4 is 5.32 Å². The number of hydrogen-bond donors (Lipinski definition) is 3. The molecule has 0 spiro atoms. The summed E-state index contributed by atoms with van der Waals surface area (Å²) in [6.07, 6.45) is 27.1. The van der Waals surface area contributed by atoms with Gasteiger partial charge in [-0.1, -0.05) is 129 Å². The molecule has 0 aliphatic heterocycles. The largest absolute Gasteiger partial charge is 0.480 e. The number of hydrogen-bond acceptors (Lipinski definition) is 3. The Labute approximate surface area is 198 Å². The van der Waals surface area contributed by atoms with Crippen LogP contribution in [0.1, 0.15) is 142 Å². The Morgan fingerprint density at radius 1 is 0.645 bits per heavy atom. The predicted octanol–water partition coefficient (Wildman–Crippen LogP) is 7.70. The molecule has 0 bridgehead atoms. The van der Waals surface area contributed by atoms with Crippen LogP contribution in [-0.2, 0) is 9.59 Å². The van der Waals surface area contributed by atoms with E-state index >= 15 is 0 Å². The van der Waals surface area contributed by atoms with Crippen LogP contribution in [0.3, 0.4) is 0 Å². The summed E-state index contributed by atoms with van der Waals surface area (Å²) in [6, 6.07) is -0.874. The van der Waals surface area contributed by atoms with E-state index in [0.29, 0.717) is 6.42 Å². The van der Waals surface area contributed by atoms with E-state index in [-0.39, 0.29) is 11.7 Å². The van der Waals surface area contributed by atoms with Crippen molar-refractivity contribution in [1.82, 2.24) is 5.32 Å². The summed E-state index contributed by atoms with van der Waals surface area (Å²) >= 11 is 3.95. The van der Waals surface area contributed by atoms with Gasteiger partial charge in [0.05, 0.1) is 0 Å². The Hall–Kier alpha value is -0.710. The third kappa shape index (κ3) is 22.3. The number of aliphatic carboxylic acids is 1. The number of carboxylic acid groups (broad SMARTS) is 1. The lowest BCUT2D eigenvalue weighted by Gasteiger charge is -2.11. The van der Waals surface area contributed by atoms with Gasteiger partial charge in [0.25, 0.3) is 0 Å². The van der Waals surface area contributed by atoms with E-state index in [4.69, 9.17) is 5.11 Å². The third-order valence-corrected chi connectivity index (χ3v) is 6.44. The molecule has 0 unspecified atom stereocenters. The number of nitrogens with one attached hydrogen (secondary N) is 1. The normalized spacial score (nSPS) is 12.1. The standard InChI is InChI=1S/C26H51NO3S/c1-2-3-4-5-6-7-8-9-10-11-12-13-14-15-16-17-18-19-20-21-22-25(28)27-24(23-31)26(29)30/h24,31H,2-23H2,1H3,(H,27,28)(H,29,30)/t24-/m0/s1. The Balaban J connectivity index is 3.20. The maximum absolute atomic E-state index is 11.7. The molecule has 0 saturated heterocycles. The molecule has 5 heteroatoms. The van der Waals surface area contributed by atoms with Crippen LogP contribution in [0.5, 0.6) is 0 Å². The van der Waals surface area contributed by atoms with Crippen LogP contribution in [0.2, 0.25) is 0 Å². The molecule has 0 fully saturated rings. The Bertz CT molecular complexity index is 417. The fourth-order valence-electron chi connectivity index (χ4n) is 3.99. The average Bonchev–Trinajstić information content (AvgIpc) is 2.75. The van der Waals surface area contributed by atoms with Gasteiger partial charge in [0, 0.05) is 12.2 Å². The molecule has 2 N–H and O–H groups in total. The van der Waals surface area contributed by atoms with Crippen molar-refractivity contribution in [2.75, 3.05) is 5.75 Å². The second kappa shape index (κ2) is 23.9. The van der Waals surface area contributed by atoms with Gasteiger partial charge in [0.1, 0.15) is 6.04 Å². The molecule has 0 heterocycles. The quantitative estimate of drug-likeness (QED) is 0.103. The molecule has 0 aliphatic rings. The van der Waals surface area contributed by atoms with E-state index in [1.54, 1.807) is 0 Å². The smallest absolute Gasteiger partial charge is 0.327 e. The van der Waals surface area contributed by atoms with Gasteiger partial charge in [0.15, 0.2) is 0 Å². The van der Waals surface area contributed by atoms with Crippen LogP contribution in [0, 0.1) is 0 Å². The van der Waals surface area contributed by atoms with Gasteiger partial charge in [0.2, 0.25) is 5.91 Å². The maximum Gasteiger partial charge on any atom is 0.327 e. The fraction of sp³-hybridized carbons (Fsp3) is 0.923. The zero-order valence-corrected chi connectivity index (χ0v) is 21.2. The van der Waals surface area contributed by atoms with Crippen molar-refractivity contribution in [1.29, 1.82) is 0 Å². The molecule has 0 radical (unpaired) electrons. The lowest BCUT2D eigenvalue weighted by atomic mass is 10.0. The van der Waals surface area contributed by atoms with Crippen LogP contribution in [0.25, 0.3) is 0 Å². The highest BCUT2D eigenvalue weighted by Gasteiger charge is 2.17. The number of carboxylic acids is 1. The van der Waals surface area contributed by atoms with Crippen molar-refractivity contribution in [3.05, 3.63) is 0 Å². The summed E-state index contributed by atoms with van der Waals surface area (Å²) in [4.78, 5) is 22.6. The SMILES string of the molecule is CCCCCCCCCCCCCCCCCCCCCCC(=O)N[C@@H](CS)C(=O)O. The first kappa shape index (κ1) is 30.3. The van der Waals surface area contributed by atoms with Crippen molar-refractivity contribution in [3.63, 3.8) is 0 Å². The number of carbonyl (C=O) groups is 2. The number of unbranched alkanes of at least 4 members (excludes halogenated alkanes) is 19. The van der Waals surface area contributed by atoms with Gasteiger partial charge < -0.3 is 10.4 Å². The zero-order chi connectivity index (χ0) is 23.0. The Morgan fingerprint density at radius 3 is 1.26 bits per heavy atom. The molecule has 184 valence electrons. The van der Waals surface area contributed by atoms with Gasteiger partial charge in [-0.15, -0.1) is 0 Å². The highest BCUT2D eigenvalue weighted by molar-refractivity contribution is 7.80. The minimum atomic E-state index is -1.02. The van der Waals surface area contributed by atoms with E-state index < -0.39 is 12.0 Å². The van der Waals surface area contributed by atoms with E-state index in [1.807, 2.05) is 0 Å². The lowest BCUT2D eigenvalue weighted by Crippen LogP contribution is -2.42. The van der Waals surface area contributed by atoms with Crippen LogP contribution in [0.4, 0.5) is 0 Å². The molecule has 0 aromatic carbocycles. The topological polar surface area (TPSA) is 66.4 Å². The predicted molar refractivity (Wildman–Crippen MR) is 136 cm³/mol. The lowest BCUT2D eigenvalue weighted by molar-refractivity contribution is -0.141. The molecule has 1 atom stereocenters. The minimum absolute atomic E-state index is 0.125. The van der Waals surface area contributed by atoms with E-state index in [9.17, 15) is 9.59 Å². The second-order valence-corrected chi connectivity index (χ2v) is 9.47. The number of thiol groups is 1. The molecule has 0 saturated carbocycles. The molecule has 0 rings (SSSR count). The second-order valence-electron chi connectivity index (χ2n) is 9.11. The van der Waals surface area contributed by atoms with E-state index in [0.717, 1.165) is 12.8 Å². The van der Waals surface area contributed by atoms with E-state index in [2.05, 4.69) is 24.9 Å². The summed E-state index contributed by atoms with van der Waals surface area (Å²) in [5, 5.41) is 11.4. The van der Waals surface area contributed by atoms with Gasteiger partial charge in [-0.3, -0.25) is 4.79 Å². The molecular weight excluding hydrogens is 406 g/mol. The average molecular weight is 458 g/mol. The van der Waals surface area contributed by atoms with E-state index in [1.165, 1.54) is 116 Å². The summed E-state index contributed by atoms with van der Waals surface area (Å²) < 4.78 is 0. The van der Waals surface area contributed by atoms with Crippen LogP contribution in [-0.4, -0.2) is 28.8 Å². The zero-order valence-electron chi connectivity index (χ0n) is 20.3. The highest BCUT2D eigenvalue weighted by atomic mass is 32.1.